The van der Waals surface area contributed by atoms with E-state index in [1.54, 1.807) is 32.0 Å². The number of hydrogen-bond acceptors (Lipinski definition) is 4. The van der Waals surface area contributed by atoms with Crippen molar-refractivity contribution in [2.75, 3.05) is 0 Å². The number of nitrogens with zero attached hydrogens (tertiary/aromatic N) is 3. The van der Waals surface area contributed by atoms with Gasteiger partial charge < -0.3 is 4.74 Å². The van der Waals surface area contributed by atoms with Crippen LogP contribution >= 0.6 is 47.8 Å². The Kier molecular flexibility index (Phi) is 7.29. The molecule has 30 heavy (non-hydrogen) atoms. The van der Waals surface area contributed by atoms with Crippen molar-refractivity contribution in [2.24, 2.45) is 0 Å². The minimum atomic E-state index is -0.467. The molecule has 0 fully saturated rings. The summed E-state index contributed by atoms with van der Waals surface area (Å²) in [7, 11) is 0. The summed E-state index contributed by atoms with van der Waals surface area (Å²) in [4.78, 5) is 12.7. The summed E-state index contributed by atoms with van der Waals surface area (Å²) in [5, 5.41) is 13.7. The molecule has 0 unspecified atom stereocenters. The number of allylic oxidation sites excluding steroid dienone is 1. The molecule has 0 N–H and O–H groups in total. The van der Waals surface area contributed by atoms with E-state index in [2.05, 4.69) is 52.9 Å². The van der Waals surface area contributed by atoms with Crippen LogP contribution in [0.25, 0.3) is 6.08 Å². The topological polar surface area (TPSA) is 67.9 Å². The van der Waals surface area contributed by atoms with E-state index in [0.717, 1.165) is 15.7 Å². The molecule has 5 nitrogen and oxygen atoms in total. The third kappa shape index (κ3) is 5.28. The van der Waals surface area contributed by atoms with Gasteiger partial charge >= 0.3 is 0 Å². The molecule has 152 valence electrons. The number of aromatic nitrogens is 2. The molecule has 0 radical (unpaired) electrons. The Balaban J connectivity index is 1.84. The van der Waals surface area contributed by atoms with Crippen LogP contribution in [0.4, 0.5) is 0 Å². The Labute approximate surface area is 199 Å². The molecule has 0 bridgehead atoms. The van der Waals surface area contributed by atoms with Crippen LogP contribution in [0.2, 0.25) is 0 Å². The molecular weight excluding hydrogens is 578 g/mol. The molecule has 0 saturated heterocycles. The number of ether oxygens (including phenoxy) is 1. The molecule has 1 aromatic heterocycles. The zero-order valence-corrected chi connectivity index (χ0v) is 20.9. The van der Waals surface area contributed by atoms with E-state index < -0.39 is 5.91 Å². The molecule has 1 heterocycles. The Morgan fingerprint density at radius 3 is 2.30 bits per heavy atom. The Hall–Kier alpha value is -2.21. The van der Waals surface area contributed by atoms with Crippen LogP contribution in [-0.4, -0.2) is 15.7 Å². The molecule has 0 amide bonds. The zero-order valence-electron chi connectivity index (χ0n) is 16.1. The molecule has 0 atom stereocenters. The fourth-order valence-electron chi connectivity index (χ4n) is 2.79. The van der Waals surface area contributed by atoms with Gasteiger partial charge in [0.05, 0.1) is 14.6 Å². The van der Waals surface area contributed by atoms with Crippen molar-refractivity contribution in [1.29, 1.82) is 5.26 Å². The average molecular weight is 594 g/mol. The molecule has 8 heteroatoms. The van der Waals surface area contributed by atoms with Gasteiger partial charge in [0, 0.05) is 10.2 Å². The van der Waals surface area contributed by atoms with Crippen molar-refractivity contribution >= 4 is 59.8 Å². The Bertz CT molecular complexity index is 1150. The number of halogens is 3. The molecule has 3 rings (SSSR count). The third-order valence-corrected chi connectivity index (χ3v) is 5.89. The van der Waals surface area contributed by atoms with E-state index in [0.29, 0.717) is 32.6 Å². The second kappa shape index (κ2) is 9.73. The zero-order chi connectivity index (χ0) is 21.8. The van der Waals surface area contributed by atoms with Crippen LogP contribution in [0.3, 0.4) is 0 Å². The first kappa shape index (κ1) is 22.5. The summed E-state index contributed by atoms with van der Waals surface area (Å²) < 4.78 is 9.60. The maximum atomic E-state index is 12.7. The third-order valence-electron chi connectivity index (χ3n) is 4.18. The minimum Gasteiger partial charge on any atom is -0.487 e. The number of nitriles is 1. The predicted molar refractivity (Wildman–Crippen MR) is 126 cm³/mol. The molecule has 3 aromatic rings. The van der Waals surface area contributed by atoms with E-state index in [4.69, 9.17) is 4.74 Å². The van der Waals surface area contributed by atoms with E-state index in [-0.39, 0.29) is 5.57 Å². The molecule has 2 aromatic carbocycles. The summed E-state index contributed by atoms with van der Waals surface area (Å²) in [6.45, 7) is 3.98. The number of carbonyl (C=O) groups is 1. The maximum Gasteiger partial charge on any atom is 0.289 e. The number of carbonyl (C=O) groups excluding carboxylic acids is 1. The lowest BCUT2D eigenvalue weighted by atomic mass is 10.1. The van der Waals surface area contributed by atoms with Crippen molar-refractivity contribution < 1.29 is 9.53 Å². The fourth-order valence-corrected chi connectivity index (χ4v) is 4.51. The number of rotatable bonds is 5. The van der Waals surface area contributed by atoms with Crippen LogP contribution < -0.4 is 4.74 Å². The van der Waals surface area contributed by atoms with Crippen molar-refractivity contribution in [2.45, 2.75) is 20.5 Å². The summed E-state index contributed by atoms with van der Waals surface area (Å²) in [5.41, 5.74) is 3.09. The standard InChI is InChI=1S/C22H16Br3N3O2/c1-13-7-14(2)28(27-13)22(29)17(11-26)8-16-9-19(24)21(20(25)10-16)30-12-15-3-5-18(23)6-4-15/h3-10H,12H2,1-2H3/b17-8+. The number of benzene rings is 2. The van der Waals surface area contributed by atoms with Gasteiger partial charge in [0.2, 0.25) is 0 Å². The van der Waals surface area contributed by atoms with Gasteiger partial charge in [-0.05, 0) is 93.2 Å². The fraction of sp³-hybridized carbons (Fsp3) is 0.136. The largest absolute Gasteiger partial charge is 0.487 e. The van der Waals surface area contributed by atoms with Crippen LogP contribution in [0.15, 0.2) is 61.5 Å². The molecular formula is C22H16Br3N3O2. The molecule has 0 spiro atoms. The van der Waals surface area contributed by atoms with Crippen molar-refractivity contribution in [3.63, 3.8) is 0 Å². The summed E-state index contributed by atoms with van der Waals surface area (Å²) in [5.74, 6) is 0.171. The molecule has 0 aliphatic rings. The SMILES string of the molecule is Cc1cc(C)n(C(=O)/C(C#N)=C/c2cc(Br)c(OCc3ccc(Br)cc3)c(Br)c2)n1. The normalized spacial score (nSPS) is 11.3. The Morgan fingerprint density at radius 1 is 1.13 bits per heavy atom. The maximum absolute atomic E-state index is 12.7. The van der Waals surface area contributed by atoms with Gasteiger partial charge in [-0.15, -0.1) is 0 Å². The molecule has 0 aliphatic heterocycles. The first-order valence-electron chi connectivity index (χ1n) is 8.84. The lowest BCUT2D eigenvalue weighted by molar-refractivity contribution is 0.0943. The minimum absolute atomic E-state index is 0.0106. The van der Waals surface area contributed by atoms with Gasteiger partial charge in [-0.3, -0.25) is 4.79 Å². The average Bonchev–Trinajstić information content (AvgIpc) is 3.04. The monoisotopic (exact) mass is 591 g/mol. The highest BCUT2D eigenvalue weighted by atomic mass is 79.9. The summed E-state index contributed by atoms with van der Waals surface area (Å²) >= 11 is 10.4. The highest BCUT2D eigenvalue weighted by Crippen LogP contribution is 2.36. The highest BCUT2D eigenvalue weighted by molar-refractivity contribution is 9.11. The van der Waals surface area contributed by atoms with Crippen molar-refractivity contribution in [1.82, 2.24) is 9.78 Å². The Morgan fingerprint density at radius 2 is 1.77 bits per heavy atom. The summed E-state index contributed by atoms with van der Waals surface area (Å²) in [6, 6.07) is 15.2. The van der Waals surface area contributed by atoms with Crippen LogP contribution in [-0.2, 0) is 6.61 Å². The second-order valence-corrected chi connectivity index (χ2v) is 9.17. The van der Waals surface area contributed by atoms with Gasteiger partial charge in [0.25, 0.3) is 5.91 Å². The van der Waals surface area contributed by atoms with Crippen LogP contribution in [0.1, 0.15) is 27.3 Å². The second-order valence-electron chi connectivity index (χ2n) is 6.54. The van der Waals surface area contributed by atoms with Crippen LogP contribution in [0, 0.1) is 25.2 Å². The van der Waals surface area contributed by atoms with E-state index in [9.17, 15) is 10.1 Å². The number of aryl methyl sites for hydroxylation is 2. The highest BCUT2D eigenvalue weighted by Gasteiger charge is 2.16. The van der Waals surface area contributed by atoms with Crippen LogP contribution in [0.5, 0.6) is 5.75 Å². The van der Waals surface area contributed by atoms with Gasteiger partial charge in [-0.1, -0.05) is 28.1 Å². The quantitative estimate of drug-likeness (QED) is 0.246. The predicted octanol–water partition coefficient (Wildman–Crippen LogP) is 6.61. The smallest absolute Gasteiger partial charge is 0.289 e. The van der Waals surface area contributed by atoms with Gasteiger partial charge in [0.15, 0.2) is 0 Å². The van der Waals surface area contributed by atoms with Crippen molar-refractivity contribution in [3.05, 3.63) is 84.0 Å². The van der Waals surface area contributed by atoms with Gasteiger partial charge in [-0.25, -0.2) is 4.68 Å². The lowest BCUT2D eigenvalue weighted by Crippen LogP contribution is -2.15. The lowest BCUT2D eigenvalue weighted by Gasteiger charge is -2.12. The number of hydrogen-bond donors (Lipinski definition) is 0. The first-order chi connectivity index (χ1) is 14.3. The van der Waals surface area contributed by atoms with E-state index >= 15 is 0 Å². The van der Waals surface area contributed by atoms with Gasteiger partial charge in [-0.2, -0.15) is 10.4 Å². The van der Waals surface area contributed by atoms with Crippen molar-refractivity contribution in [3.8, 4) is 11.8 Å². The molecule has 0 saturated carbocycles. The summed E-state index contributed by atoms with van der Waals surface area (Å²) in [6.07, 6.45) is 1.53. The van der Waals surface area contributed by atoms with E-state index in [1.807, 2.05) is 30.3 Å². The molecule has 0 aliphatic carbocycles. The van der Waals surface area contributed by atoms with Gasteiger partial charge in [0.1, 0.15) is 24.0 Å². The van der Waals surface area contributed by atoms with E-state index in [1.165, 1.54) is 10.8 Å². The first-order valence-corrected chi connectivity index (χ1v) is 11.2.